The van der Waals surface area contributed by atoms with Gasteiger partial charge in [-0.25, -0.2) is 0 Å². The van der Waals surface area contributed by atoms with Crippen molar-refractivity contribution >= 4 is 39.4 Å². The summed E-state index contributed by atoms with van der Waals surface area (Å²) >= 11 is 2.19. The molecule has 0 spiro atoms. The first-order valence-electron chi connectivity index (χ1n) is 5.17. The number of rotatable bonds is 2. The Labute approximate surface area is 112 Å². The summed E-state index contributed by atoms with van der Waals surface area (Å²) in [4.78, 5) is 23.2. The van der Waals surface area contributed by atoms with Crippen LogP contribution in [0, 0.1) is 3.57 Å². The second kappa shape index (κ2) is 4.48. The van der Waals surface area contributed by atoms with E-state index in [4.69, 9.17) is 5.73 Å². The van der Waals surface area contributed by atoms with Gasteiger partial charge in [-0.2, -0.15) is 0 Å². The molecule has 2 rings (SSSR count). The van der Waals surface area contributed by atoms with Crippen LogP contribution in [0.15, 0.2) is 29.2 Å². The molecule has 2 aromatic rings. The molecule has 5 heteroatoms. The highest BCUT2D eigenvalue weighted by Gasteiger charge is 2.12. The molecule has 88 valence electrons. The van der Waals surface area contributed by atoms with Crippen molar-refractivity contribution in [2.24, 2.45) is 5.73 Å². The summed E-state index contributed by atoms with van der Waals surface area (Å²) in [6.07, 6.45) is 1.53. The number of benzene rings is 1. The van der Waals surface area contributed by atoms with Crippen LogP contribution >= 0.6 is 22.6 Å². The highest BCUT2D eigenvalue weighted by atomic mass is 127. The van der Waals surface area contributed by atoms with Gasteiger partial charge >= 0.3 is 0 Å². The highest BCUT2D eigenvalue weighted by molar-refractivity contribution is 14.1. The molecule has 0 saturated carbocycles. The minimum absolute atomic E-state index is 0.0422. The van der Waals surface area contributed by atoms with E-state index >= 15 is 0 Å². The van der Waals surface area contributed by atoms with Crippen molar-refractivity contribution in [3.05, 3.63) is 43.8 Å². The fraction of sp³-hybridized carbons (Fsp3) is 0.167. The minimum atomic E-state index is -0.683. The molecule has 0 saturated heterocycles. The number of nitrogens with zero attached hydrogens (tertiary/aromatic N) is 1. The van der Waals surface area contributed by atoms with E-state index in [1.165, 1.54) is 6.20 Å². The second-order valence-corrected chi connectivity index (χ2v) is 4.93. The number of aryl methyl sites for hydroxylation is 1. The van der Waals surface area contributed by atoms with Crippen molar-refractivity contribution in [3.63, 3.8) is 0 Å². The van der Waals surface area contributed by atoms with E-state index in [2.05, 4.69) is 22.6 Å². The third-order valence-electron chi connectivity index (χ3n) is 2.65. The zero-order chi connectivity index (χ0) is 12.6. The fourth-order valence-corrected chi connectivity index (χ4v) is 2.28. The van der Waals surface area contributed by atoms with E-state index in [0.717, 1.165) is 9.09 Å². The number of pyridine rings is 1. The van der Waals surface area contributed by atoms with Gasteiger partial charge in [-0.1, -0.05) is 0 Å². The molecule has 1 heterocycles. The van der Waals surface area contributed by atoms with Crippen LogP contribution < -0.4 is 11.2 Å². The first-order valence-corrected chi connectivity index (χ1v) is 6.25. The number of amides is 1. The Morgan fingerprint density at radius 3 is 2.76 bits per heavy atom. The minimum Gasteiger partial charge on any atom is -0.365 e. The number of carbonyl (C=O) groups excluding carboxylic acids is 1. The standard InChI is InChI=1S/C12H11IN2O2/c1-2-15-6-9(12(14)17)11(16)8-4-3-7(13)5-10(8)15/h3-6H,2H2,1H3,(H2,14,17). The van der Waals surface area contributed by atoms with Gasteiger partial charge in [-0.15, -0.1) is 0 Å². The molecule has 1 aromatic carbocycles. The summed E-state index contributed by atoms with van der Waals surface area (Å²) in [6.45, 7) is 2.63. The number of halogens is 1. The van der Waals surface area contributed by atoms with E-state index < -0.39 is 5.91 Å². The summed E-state index contributed by atoms with van der Waals surface area (Å²) < 4.78 is 2.91. The molecular formula is C12H11IN2O2. The van der Waals surface area contributed by atoms with Crippen molar-refractivity contribution in [2.75, 3.05) is 0 Å². The number of fused-ring (bicyclic) bond motifs is 1. The fourth-order valence-electron chi connectivity index (χ4n) is 1.80. The third kappa shape index (κ3) is 2.06. The molecule has 0 unspecified atom stereocenters. The summed E-state index contributed by atoms with van der Waals surface area (Å²) in [5.41, 5.74) is 5.78. The zero-order valence-electron chi connectivity index (χ0n) is 9.24. The number of hydrogen-bond donors (Lipinski definition) is 1. The molecule has 17 heavy (non-hydrogen) atoms. The number of hydrogen-bond acceptors (Lipinski definition) is 2. The predicted molar refractivity (Wildman–Crippen MR) is 75.1 cm³/mol. The van der Waals surface area contributed by atoms with Crippen LogP contribution in [0.1, 0.15) is 17.3 Å². The lowest BCUT2D eigenvalue weighted by molar-refractivity contribution is 0.0999. The van der Waals surface area contributed by atoms with Crippen molar-refractivity contribution < 1.29 is 4.79 Å². The van der Waals surface area contributed by atoms with Gasteiger partial charge in [0.1, 0.15) is 5.56 Å². The van der Waals surface area contributed by atoms with Crippen LogP contribution in [0.4, 0.5) is 0 Å². The Balaban J connectivity index is 2.95. The Hall–Kier alpha value is -1.37. The average Bonchev–Trinajstić information content (AvgIpc) is 2.29. The van der Waals surface area contributed by atoms with Crippen LogP contribution in [-0.4, -0.2) is 10.5 Å². The number of nitrogens with two attached hydrogens (primary N) is 1. The lowest BCUT2D eigenvalue weighted by atomic mass is 10.1. The van der Waals surface area contributed by atoms with E-state index in [0.29, 0.717) is 11.9 Å². The summed E-state index contributed by atoms with van der Waals surface area (Å²) in [7, 11) is 0. The second-order valence-electron chi connectivity index (χ2n) is 3.68. The maximum absolute atomic E-state index is 12.0. The normalized spacial score (nSPS) is 10.7. The van der Waals surface area contributed by atoms with Crippen molar-refractivity contribution in [2.45, 2.75) is 13.5 Å². The van der Waals surface area contributed by atoms with E-state index in [1.54, 1.807) is 6.07 Å². The van der Waals surface area contributed by atoms with Gasteiger partial charge in [-0.05, 0) is 47.7 Å². The van der Waals surface area contributed by atoms with Crippen LogP contribution in [0.25, 0.3) is 10.9 Å². The van der Waals surface area contributed by atoms with Crippen LogP contribution in [0.2, 0.25) is 0 Å². The lowest BCUT2D eigenvalue weighted by Gasteiger charge is -2.10. The largest absolute Gasteiger partial charge is 0.365 e. The smallest absolute Gasteiger partial charge is 0.254 e. The van der Waals surface area contributed by atoms with Gasteiger partial charge in [-0.3, -0.25) is 9.59 Å². The van der Waals surface area contributed by atoms with E-state index in [9.17, 15) is 9.59 Å². The molecule has 4 nitrogen and oxygen atoms in total. The van der Waals surface area contributed by atoms with Gasteiger partial charge < -0.3 is 10.3 Å². The summed E-state index contributed by atoms with van der Waals surface area (Å²) in [5, 5.41) is 0.531. The topological polar surface area (TPSA) is 65.1 Å². The predicted octanol–water partition coefficient (Wildman–Crippen LogP) is 1.72. The van der Waals surface area contributed by atoms with Gasteiger partial charge in [0, 0.05) is 21.7 Å². The molecule has 0 atom stereocenters. The van der Waals surface area contributed by atoms with Crippen molar-refractivity contribution in [1.82, 2.24) is 4.57 Å². The molecule has 2 N–H and O–H groups in total. The van der Waals surface area contributed by atoms with Crippen molar-refractivity contribution in [3.8, 4) is 0 Å². The molecule has 0 bridgehead atoms. The monoisotopic (exact) mass is 342 g/mol. The maximum Gasteiger partial charge on any atom is 0.254 e. The SMILES string of the molecule is CCn1cc(C(N)=O)c(=O)c2ccc(I)cc21. The number of primary amides is 1. The third-order valence-corrected chi connectivity index (χ3v) is 3.32. The first-order chi connectivity index (χ1) is 8.04. The Morgan fingerprint density at radius 1 is 1.47 bits per heavy atom. The Kier molecular flexibility index (Phi) is 3.19. The van der Waals surface area contributed by atoms with Gasteiger partial charge in [0.05, 0.1) is 5.52 Å². The Morgan fingerprint density at radius 2 is 2.18 bits per heavy atom. The lowest BCUT2D eigenvalue weighted by Crippen LogP contribution is -2.24. The quantitative estimate of drug-likeness (QED) is 0.845. The molecule has 0 aliphatic rings. The number of aromatic nitrogens is 1. The molecule has 0 aliphatic heterocycles. The zero-order valence-corrected chi connectivity index (χ0v) is 11.4. The Bertz CT molecular complexity index is 661. The van der Waals surface area contributed by atoms with Gasteiger partial charge in [0.15, 0.2) is 0 Å². The first kappa shape index (κ1) is 12.1. The van der Waals surface area contributed by atoms with Gasteiger partial charge in [0.2, 0.25) is 5.43 Å². The summed E-state index contributed by atoms with van der Waals surface area (Å²) in [6, 6.07) is 5.50. The molecule has 1 aromatic heterocycles. The highest BCUT2D eigenvalue weighted by Crippen LogP contribution is 2.15. The van der Waals surface area contributed by atoms with Gasteiger partial charge in [0.25, 0.3) is 5.91 Å². The van der Waals surface area contributed by atoms with E-state index in [1.807, 2.05) is 23.6 Å². The molecular weight excluding hydrogens is 331 g/mol. The van der Waals surface area contributed by atoms with Crippen molar-refractivity contribution in [1.29, 1.82) is 0 Å². The molecule has 0 aliphatic carbocycles. The van der Waals surface area contributed by atoms with E-state index in [-0.39, 0.29) is 11.0 Å². The summed E-state index contributed by atoms with van der Waals surface area (Å²) in [5.74, 6) is -0.683. The molecule has 0 radical (unpaired) electrons. The van der Waals surface area contributed by atoms with Crippen LogP contribution in [-0.2, 0) is 6.54 Å². The van der Waals surface area contributed by atoms with Crippen LogP contribution in [0.3, 0.4) is 0 Å². The molecule has 1 amide bonds. The molecule has 0 fully saturated rings. The number of carbonyl (C=O) groups is 1. The maximum atomic E-state index is 12.0. The average molecular weight is 342 g/mol. The van der Waals surface area contributed by atoms with Crippen LogP contribution in [0.5, 0.6) is 0 Å².